The molecule has 6 atom stereocenters. The van der Waals surface area contributed by atoms with E-state index in [1.807, 2.05) is 0 Å². The molecular formula is C17H26O5. The summed E-state index contributed by atoms with van der Waals surface area (Å²) in [6.07, 6.45) is 4.57. The number of carbonyl (C=O) groups excluding carboxylic acids is 1. The fraction of sp³-hybridized carbons (Fsp3) is 0.824. The van der Waals surface area contributed by atoms with Crippen molar-refractivity contribution < 1.29 is 23.7 Å². The minimum atomic E-state index is -0.270. The minimum Gasteiger partial charge on any atom is -0.462 e. The van der Waals surface area contributed by atoms with Crippen LogP contribution in [0.5, 0.6) is 0 Å². The van der Waals surface area contributed by atoms with Gasteiger partial charge in [-0.2, -0.15) is 0 Å². The Kier molecular flexibility index (Phi) is 4.08. The standard InChI is InChI=1S/C17H26O5/c1-11(2)5-6-13-16(3,22-13)15-14(19-4)12(20-10-18)7-8-17(15)9-21-17/h5,10,12-15H,6-9H2,1-4H3/t12?,13?,14?,15?,16-,17+/m1/s1. The molecule has 0 radical (unpaired) electrons. The van der Waals surface area contributed by atoms with E-state index in [9.17, 15) is 4.79 Å². The van der Waals surface area contributed by atoms with Crippen LogP contribution in [0.15, 0.2) is 11.6 Å². The third-order valence-electron chi connectivity index (χ3n) is 5.47. The van der Waals surface area contributed by atoms with Crippen LogP contribution < -0.4 is 0 Å². The van der Waals surface area contributed by atoms with E-state index < -0.39 is 0 Å². The van der Waals surface area contributed by atoms with Crippen molar-refractivity contribution in [3.05, 3.63) is 11.6 Å². The van der Waals surface area contributed by atoms with Crippen molar-refractivity contribution in [2.75, 3.05) is 13.7 Å². The molecule has 0 aromatic rings. The summed E-state index contributed by atoms with van der Waals surface area (Å²) in [5.74, 6) is 0.0965. The van der Waals surface area contributed by atoms with Crippen molar-refractivity contribution >= 4 is 6.47 Å². The van der Waals surface area contributed by atoms with Gasteiger partial charge in [0.2, 0.25) is 0 Å². The first-order chi connectivity index (χ1) is 10.5. The van der Waals surface area contributed by atoms with Gasteiger partial charge in [-0.05, 0) is 40.0 Å². The number of carbonyl (C=O) groups is 1. The van der Waals surface area contributed by atoms with Crippen molar-refractivity contribution in [2.45, 2.75) is 69.5 Å². The van der Waals surface area contributed by atoms with Crippen molar-refractivity contribution in [1.82, 2.24) is 0 Å². The van der Waals surface area contributed by atoms with Crippen LogP contribution in [0.3, 0.4) is 0 Å². The molecule has 1 spiro atoms. The van der Waals surface area contributed by atoms with Gasteiger partial charge in [-0.1, -0.05) is 11.6 Å². The van der Waals surface area contributed by atoms with Crippen molar-refractivity contribution in [3.63, 3.8) is 0 Å². The molecule has 2 saturated heterocycles. The van der Waals surface area contributed by atoms with Crippen LogP contribution in [0, 0.1) is 5.92 Å². The van der Waals surface area contributed by atoms with Gasteiger partial charge < -0.3 is 18.9 Å². The molecule has 0 bridgehead atoms. The van der Waals surface area contributed by atoms with Gasteiger partial charge in [0.25, 0.3) is 6.47 Å². The summed E-state index contributed by atoms with van der Waals surface area (Å²) in [7, 11) is 1.68. The molecule has 2 aliphatic heterocycles. The Morgan fingerprint density at radius 3 is 2.68 bits per heavy atom. The number of methoxy groups -OCH3 is 1. The maximum Gasteiger partial charge on any atom is 0.293 e. The molecule has 0 aromatic heterocycles. The van der Waals surface area contributed by atoms with E-state index in [0.29, 0.717) is 6.47 Å². The summed E-state index contributed by atoms with van der Waals surface area (Å²) in [4.78, 5) is 10.8. The molecule has 124 valence electrons. The number of rotatable bonds is 6. The molecule has 3 fully saturated rings. The van der Waals surface area contributed by atoms with Gasteiger partial charge in [-0.15, -0.1) is 0 Å². The highest BCUT2D eigenvalue weighted by Crippen LogP contribution is 2.59. The minimum absolute atomic E-state index is 0.0965. The highest BCUT2D eigenvalue weighted by molar-refractivity contribution is 5.38. The zero-order chi connectivity index (χ0) is 16.0. The van der Waals surface area contributed by atoms with E-state index in [0.717, 1.165) is 25.9 Å². The highest BCUT2D eigenvalue weighted by atomic mass is 16.6. The largest absolute Gasteiger partial charge is 0.462 e. The van der Waals surface area contributed by atoms with Crippen LogP contribution in [0.2, 0.25) is 0 Å². The fourth-order valence-corrected chi connectivity index (χ4v) is 4.16. The van der Waals surface area contributed by atoms with E-state index in [2.05, 4.69) is 26.8 Å². The van der Waals surface area contributed by atoms with Gasteiger partial charge in [0.05, 0.1) is 18.6 Å². The van der Waals surface area contributed by atoms with Crippen LogP contribution in [0.1, 0.15) is 40.0 Å². The van der Waals surface area contributed by atoms with Gasteiger partial charge in [0, 0.05) is 7.11 Å². The molecule has 2 heterocycles. The Labute approximate surface area is 131 Å². The lowest BCUT2D eigenvalue weighted by Gasteiger charge is -2.42. The quantitative estimate of drug-likeness (QED) is 0.428. The first-order valence-corrected chi connectivity index (χ1v) is 8.04. The van der Waals surface area contributed by atoms with Gasteiger partial charge in [0.15, 0.2) is 0 Å². The third-order valence-corrected chi connectivity index (χ3v) is 5.47. The lowest BCUT2D eigenvalue weighted by Crippen LogP contribution is -2.55. The fourth-order valence-electron chi connectivity index (χ4n) is 4.16. The Morgan fingerprint density at radius 1 is 1.41 bits per heavy atom. The number of hydrogen-bond donors (Lipinski definition) is 0. The smallest absolute Gasteiger partial charge is 0.293 e. The zero-order valence-electron chi connectivity index (χ0n) is 13.8. The van der Waals surface area contributed by atoms with Gasteiger partial charge in [-0.3, -0.25) is 4.79 Å². The van der Waals surface area contributed by atoms with Gasteiger partial charge in [0.1, 0.15) is 23.4 Å². The molecule has 5 heteroatoms. The summed E-state index contributed by atoms with van der Waals surface area (Å²) < 4.78 is 22.9. The number of ether oxygens (including phenoxy) is 4. The molecule has 5 nitrogen and oxygen atoms in total. The van der Waals surface area contributed by atoms with E-state index in [4.69, 9.17) is 18.9 Å². The lowest BCUT2D eigenvalue weighted by molar-refractivity contribution is -0.158. The average Bonchev–Trinajstić information content (AvgIpc) is 3.37. The SMILES string of the molecule is COC1C(OC=O)CC[C@]2(CO2)C1[C@]1(C)OC1CC=C(C)C. The Balaban J connectivity index is 1.79. The molecule has 0 N–H and O–H groups in total. The summed E-state index contributed by atoms with van der Waals surface area (Å²) in [5, 5.41) is 0. The second-order valence-corrected chi connectivity index (χ2v) is 7.15. The molecule has 4 unspecified atom stereocenters. The maximum absolute atomic E-state index is 10.8. The number of epoxide rings is 2. The van der Waals surface area contributed by atoms with Crippen molar-refractivity contribution in [3.8, 4) is 0 Å². The Hall–Kier alpha value is -0.910. The van der Waals surface area contributed by atoms with Crippen LogP contribution >= 0.6 is 0 Å². The normalized spacial score (nSPS) is 46.2. The first kappa shape index (κ1) is 16.0. The number of allylic oxidation sites excluding steroid dienone is 1. The maximum atomic E-state index is 10.8. The lowest BCUT2D eigenvalue weighted by atomic mass is 9.68. The molecule has 1 saturated carbocycles. The zero-order valence-corrected chi connectivity index (χ0v) is 13.8. The molecule has 3 aliphatic rings. The van der Waals surface area contributed by atoms with Crippen LogP contribution in [0.4, 0.5) is 0 Å². The third kappa shape index (κ3) is 2.59. The summed E-state index contributed by atoms with van der Waals surface area (Å²) in [6, 6.07) is 0. The summed E-state index contributed by atoms with van der Waals surface area (Å²) in [6.45, 7) is 7.60. The predicted octanol–water partition coefficient (Wildman–Crippen LogP) is 2.24. The van der Waals surface area contributed by atoms with Gasteiger partial charge in [-0.25, -0.2) is 0 Å². The Morgan fingerprint density at radius 2 is 2.14 bits per heavy atom. The van der Waals surface area contributed by atoms with E-state index in [-0.39, 0.29) is 35.4 Å². The Bertz CT molecular complexity index is 466. The summed E-state index contributed by atoms with van der Waals surface area (Å²) in [5.41, 5.74) is 0.871. The van der Waals surface area contributed by atoms with E-state index >= 15 is 0 Å². The van der Waals surface area contributed by atoms with E-state index in [1.165, 1.54) is 5.57 Å². The first-order valence-electron chi connectivity index (χ1n) is 8.04. The van der Waals surface area contributed by atoms with E-state index in [1.54, 1.807) is 7.11 Å². The summed E-state index contributed by atoms with van der Waals surface area (Å²) >= 11 is 0. The molecule has 1 aliphatic carbocycles. The molecule has 0 aromatic carbocycles. The highest BCUT2D eigenvalue weighted by Gasteiger charge is 2.72. The molecule has 3 rings (SSSR count). The second-order valence-electron chi connectivity index (χ2n) is 7.15. The van der Waals surface area contributed by atoms with Crippen molar-refractivity contribution in [1.29, 1.82) is 0 Å². The van der Waals surface area contributed by atoms with Crippen LogP contribution in [-0.2, 0) is 23.7 Å². The second kappa shape index (κ2) is 5.62. The van der Waals surface area contributed by atoms with Crippen LogP contribution in [-0.4, -0.2) is 49.7 Å². The monoisotopic (exact) mass is 310 g/mol. The molecular weight excluding hydrogens is 284 g/mol. The number of hydrogen-bond acceptors (Lipinski definition) is 5. The van der Waals surface area contributed by atoms with Crippen LogP contribution in [0.25, 0.3) is 0 Å². The van der Waals surface area contributed by atoms with Gasteiger partial charge >= 0.3 is 0 Å². The topological polar surface area (TPSA) is 60.6 Å². The average molecular weight is 310 g/mol. The molecule has 0 amide bonds. The predicted molar refractivity (Wildman–Crippen MR) is 80.5 cm³/mol. The molecule has 22 heavy (non-hydrogen) atoms. The van der Waals surface area contributed by atoms with Crippen molar-refractivity contribution in [2.24, 2.45) is 5.92 Å².